The average Bonchev–Trinajstić information content (AvgIpc) is 2.16. The van der Waals surface area contributed by atoms with Crippen molar-refractivity contribution in [2.24, 2.45) is 0 Å². The van der Waals surface area contributed by atoms with Crippen LogP contribution in [0.1, 0.15) is 13.3 Å². The predicted molar refractivity (Wildman–Crippen MR) is 52.0 cm³/mol. The molecule has 0 aromatic heterocycles. The quantitative estimate of drug-likeness (QED) is 0.407. The summed E-state index contributed by atoms with van der Waals surface area (Å²) in [6.07, 6.45) is 0.312. The molecule has 0 heterocycles. The van der Waals surface area contributed by atoms with E-state index in [1.807, 2.05) is 6.07 Å². The molecule has 0 radical (unpaired) electrons. The molecule has 0 fully saturated rings. The molecule has 68 valence electrons. The number of hydrogen-bond donors (Lipinski definition) is 0. The van der Waals surface area contributed by atoms with Crippen LogP contribution < -0.4 is 4.89 Å². The van der Waals surface area contributed by atoms with E-state index >= 15 is 0 Å². The van der Waals surface area contributed by atoms with Gasteiger partial charge < -0.3 is 0 Å². The molecule has 0 saturated heterocycles. The summed E-state index contributed by atoms with van der Waals surface area (Å²) in [4.78, 5) is 19.8. The fraction of sp³-hybridized carbons (Fsp3) is 0.222. The highest BCUT2D eigenvalue weighted by atomic mass is 24.3. The standard InChI is InChI=1S/C9H10O3.Mg.2H/c1-2-9(10)12-11-8-6-4-3-5-7-8;;;/h3-7H,2H2,1H3;;;. The van der Waals surface area contributed by atoms with Gasteiger partial charge in [0.25, 0.3) is 0 Å². The fourth-order valence-corrected chi connectivity index (χ4v) is 0.630. The molecule has 3 nitrogen and oxygen atoms in total. The Morgan fingerprint density at radius 1 is 1.31 bits per heavy atom. The van der Waals surface area contributed by atoms with Crippen LogP contribution >= 0.6 is 0 Å². The molecular weight excluding hydrogens is 180 g/mol. The normalized spacial score (nSPS) is 8.38. The maximum absolute atomic E-state index is 10.6. The summed E-state index contributed by atoms with van der Waals surface area (Å²) in [5.41, 5.74) is 0. The minimum atomic E-state index is -0.376. The van der Waals surface area contributed by atoms with Crippen molar-refractivity contribution in [2.75, 3.05) is 0 Å². The van der Waals surface area contributed by atoms with E-state index in [0.29, 0.717) is 12.2 Å². The van der Waals surface area contributed by atoms with Crippen molar-refractivity contribution in [3.05, 3.63) is 30.3 Å². The smallest absolute Gasteiger partial charge is 0.287 e. The first-order chi connectivity index (χ1) is 5.83. The first-order valence-corrected chi connectivity index (χ1v) is 3.75. The van der Waals surface area contributed by atoms with E-state index in [9.17, 15) is 4.79 Å². The third-order valence-electron chi connectivity index (χ3n) is 1.26. The average molecular weight is 192 g/mol. The van der Waals surface area contributed by atoms with Crippen molar-refractivity contribution in [2.45, 2.75) is 13.3 Å². The summed E-state index contributed by atoms with van der Waals surface area (Å²) < 4.78 is 0. The van der Waals surface area contributed by atoms with Gasteiger partial charge in [0.2, 0.25) is 0 Å². The Morgan fingerprint density at radius 3 is 2.46 bits per heavy atom. The zero-order valence-electron chi connectivity index (χ0n) is 6.82. The van der Waals surface area contributed by atoms with Crippen LogP contribution in [0.25, 0.3) is 0 Å². The Hall–Kier alpha value is -0.744. The van der Waals surface area contributed by atoms with Gasteiger partial charge in [-0.15, -0.1) is 0 Å². The SMILES string of the molecule is CCC(=O)OOc1ccccc1.[MgH2]. The number of rotatable bonds is 3. The minimum absolute atomic E-state index is 0. The molecular formula is C9H12MgO3. The topological polar surface area (TPSA) is 35.5 Å². The van der Waals surface area contributed by atoms with E-state index < -0.39 is 0 Å². The molecule has 0 aliphatic carbocycles. The van der Waals surface area contributed by atoms with Crippen LogP contribution in [0.3, 0.4) is 0 Å². The predicted octanol–water partition coefficient (Wildman–Crippen LogP) is 1.02. The molecule has 0 aliphatic heterocycles. The van der Waals surface area contributed by atoms with Crippen LogP contribution in [0, 0.1) is 0 Å². The highest BCUT2D eigenvalue weighted by molar-refractivity contribution is 5.75. The molecule has 0 bridgehead atoms. The molecule has 0 spiro atoms. The van der Waals surface area contributed by atoms with Gasteiger partial charge in [-0.25, -0.2) is 4.79 Å². The van der Waals surface area contributed by atoms with Crippen LogP contribution in [-0.2, 0) is 9.68 Å². The summed E-state index contributed by atoms with van der Waals surface area (Å²) in [5.74, 6) is 0.151. The van der Waals surface area contributed by atoms with E-state index in [0.717, 1.165) is 0 Å². The summed E-state index contributed by atoms with van der Waals surface area (Å²) in [7, 11) is 0. The van der Waals surface area contributed by atoms with E-state index in [1.165, 1.54) is 0 Å². The van der Waals surface area contributed by atoms with Gasteiger partial charge in [0, 0.05) is 6.42 Å². The largest absolute Gasteiger partial charge is 0.355 e. The van der Waals surface area contributed by atoms with Crippen LogP contribution in [-0.4, -0.2) is 29.0 Å². The van der Waals surface area contributed by atoms with E-state index in [-0.39, 0.29) is 29.0 Å². The zero-order chi connectivity index (χ0) is 8.81. The van der Waals surface area contributed by atoms with Gasteiger partial charge in [0.1, 0.15) is 0 Å². The lowest BCUT2D eigenvalue weighted by molar-refractivity contribution is -0.213. The Bertz CT molecular complexity index is 248. The molecule has 1 rings (SSSR count). The molecule has 1 aromatic carbocycles. The van der Waals surface area contributed by atoms with Gasteiger partial charge in [-0.3, -0.25) is 9.78 Å². The molecule has 13 heavy (non-hydrogen) atoms. The Morgan fingerprint density at radius 2 is 1.92 bits per heavy atom. The van der Waals surface area contributed by atoms with E-state index in [2.05, 4.69) is 4.89 Å². The molecule has 0 unspecified atom stereocenters. The number of benzene rings is 1. The van der Waals surface area contributed by atoms with Gasteiger partial charge in [-0.05, 0) is 12.1 Å². The van der Waals surface area contributed by atoms with Gasteiger partial charge in [0.15, 0.2) is 5.75 Å². The van der Waals surface area contributed by atoms with Gasteiger partial charge in [-0.2, -0.15) is 0 Å². The lowest BCUT2D eigenvalue weighted by Crippen LogP contribution is -2.05. The van der Waals surface area contributed by atoms with Crippen LogP contribution in [0.2, 0.25) is 0 Å². The number of carbonyl (C=O) groups is 1. The highest BCUT2D eigenvalue weighted by Gasteiger charge is 1.99. The number of carbonyl (C=O) groups excluding carboxylic acids is 1. The molecule has 0 atom stereocenters. The minimum Gasteiger partial charge on any atom is -0.287 e. The lowest BCUT2D eigenvalue weighted by atomic mass is 10.3. The molecule has 0 aliphatic rings. The van der Waals surface area contributed by atoms with Crippen LogP contribution in [0.15, 0.2) is 30.3 Å². The Kier molecular flexibility index (Phi) is 6.35. The van der Waals surface area contributed by atoms with Gasteiger partial charge in [0.05, 0.1) is 0 Å². The zero-order valence-corrected chi connectivity index (χ0v) is 6.82. The summed E-state index contributed by atoms with van der Waals surface area (Å²) in [5, 5.41) is 0. The van der Waals surface area contributed by atoms with E-state index in [1.54, 1.807) is 31.2 Å². The van der Waals surface area contributed by atoms with Crippen LogP contribution in [0.4, 0.5) is 0 Å². The summed E-state index contributed by atoms with van der Waals surface area (Å²) in [6.45, 7) is 1.71. The summed E-state index contributed by atoms with van der Waals surface area (Å²) >= 11 is 0. The van der Waals surface area contributed by atoms with Crippen molar-refractivity contribution in [3.8, 4) is 5.75 Å². The second-order valence-corrected chi connectivity index (χ2v) is 2.21. The Labute approximate surface area is 93.1 Å². The number of hydrogen-bond acceptors (Lipinski definition) is 3. The maximum atomic E-state index is 10.6. The summed E-state index contributed by atoms with van der Waals surface area (Å²) in [6, 6.07) is 8.88. The second-order valence-electron chi connectivity index (χ2n) is 2.21. The Balaban J connectivity index is 0.00000144. The number of para-hydroxylation sites is 1. The van der Waals surface area contributed by atoms with Crippen molar-refractivity contribution in [1.82, 2.24) is 0 Å². The molecule has 1 aromatic rings. The van der Waals surface area contributed by atoms with Crippen LogP contribution in [0.5, 0.6) is 5.75 Å². The van der Waals surface area contributed by atoms with Crippen molar-refractivity contribution in [1.29, 1.82) is 0 Å². The first kappa shape index (κ1) is 12.3. The third kappa shape index (κ3) is 4.75. The van der Waals surface area contributed by atoms with Crippen molar-refractivity contribution in [3.63, 3.8) is 0 Å². The maximum Gasteiger partial charge on any atom is 0.355 e. The van der Waals surface area contributed by atoms with Crippen molar-refractivity contribution < 1.29 is 14.6 Å². The first-order valence-electron chi connectivity index (χ1n) is 3.75. The second kappa shape index (κ2) is 6.74. The third-order valence-corrected chi connectivity index (χ3v) is 1.26. The van der Waals surface area contributed by atoms with Gasteiger partial charge >= 0.3 is 29.0 Å². The van der Waals surface area contributed by atoms with Crippen molar-refractivity contribution >= 4 is 29.0 Å². The fourth-order valence-electron chi connectivity index (χ4n) is 0.630. The molecule has 0 saturated carbocycles. The monoisotopic (exact) mass is 192 g/mol. The van der Waals surface area contributed by atoms with Gasteiger partial charge in [-0.1, -0.05) is 25.1 Å². The van der Waals surface area contributed by atoms with E-state index in [4.69, 9.17) is 4.89 Å². The molecule has 0 amide bonds. The molecule has 0 N–H and O–H groups in total. The lowest BCUT2D eigenvalue weighted by Gasteiger charge is -2.01. The molecule has 4 heteroatoms. The highest BCUT2D eigenvalue weighted by Crippen LogP contribution is 2.08.